The Kier molecular flexibility index (Phi) is 6.15. The average Bonchev–Trinajstić information content (AvgIpc) is 2.60. The third-order valence-corrected chi connectivity index (χ3v) is 5.11. The van der Waals surface area contributed by atoms with Crippen molar-refractivity contribution in [2.45, 2.75) is 58.2 Å². The van der Waals surface area contributed by atoms with E-state index in [-0.39, 0.29) is 23.5 Å². The van der Waals surface area contributed by atoms with Crippen molar-refractivity contribution in [1.82, 2.24) is 14.9 Å². The molecule has 0 aliphatic carbocycles. The number of fused-ring (bicyclic) bond motifs is 1. The molecule has 1 fully saturated rings. The molecule has 1 aromatic heterocycles. The lowest BCUT2D eigenvalue weighted by atomic mass is 9.95. The van der Waals surface area contributed by atoms with E-state index in [0.717, 1.165) is 23.6 Å². The Labute approximate surface area is 171 Å². The molecule has 0 radical (unpaired) electrons. The van der Waals surface area contributed by atoms with E-state index in [2.05, 4.69) is 28.4 Å². The molecule has 0 N–H and O–H groups in total. The summed E-state index contributed by atoms with van der Waals surface area (Å²) in [4.78, 5) is 25.8. The van der Waals surface area contributed by atoms with Gasteiger partial charge in [0.1, 0.15) is 11.4 Å². The first kappa shape index (κ1) is 20.9. The summed E-state index contributed by atoms with van der Waals surface area (Å²) in [5.74, 6) is 0.851. The zero-order valence-corrected chi connectivity index (χ0v) is 17.8. The van der Waals surface area contributed by atoms with E-state index in [1.807, 2.05) is 20.8 Å². The molecule has 8 heteroatoms. The van der Waals surface area contributed by atoms with E-state index in [0.29, 0.717) is 32.6 Å². The monoisotopic (exact) mass is 408 g/mol. The maximum absolute atomic E-state index is 12.8. The van der Waals surface area contributed by atoms with E-state index in [9.17, 15) is 4.79 Å². The van der Waals surface area contributed by atoms with Crippen LogP contribution in [0.4, 0.5) is 10.6 Å². The number of ether oxygens (including phenoxy) is 2. The Hall–Kier alpha value is -1.86. The molecule has 154 valence electrons. The molecule has 28 heavy (non-hydrogen) atoms. The van der Waals surface area contributed by atoms with Crippen molar-refractivity contribution in [2.75, 3.05) is 31.2 Å². The van der Waals surface area contributed by atoms with E-state index < -0.39 is 5.60 Å². The Morgan fingerprint density at radius 1 is 1.39 bits per heavy atom. The second-order valence-electron chi connectivity index (χ2n) is 8.26. The smallest absolute Gasteiger partial charge is 0.410 e. The van der Waals surface area contributed by atoms with E-state index in [1.54, 1.807) is 11.0 Å². The normalized spacial score (nSPS) is 22.6. The van der Waals surface area contributed by atoms with Crippen LogP contribution in [0.1, 0.15) is 51.4 Å². The summed E-state index contributed by atoms with van der Waals surface area (Å²) in [7, 11) is 0. The number of nitrogens with zero attached hydrogens (tertiary/aromatic N) is 4. The van der Waals surface area contributed by atoms with Crippen LogP contribution in [0.3, 0.4) is 0 Å². The lowest BCUT2D eigenvalue weighted by Gasteiger charge is -2.40. The second-order valence-corrected chi connectivity index (χ2v) is 8.60. The molecule has 7 nitrogen and oxygen atoms in total. The molecule has 1 saturated heterocycles. The topological polar surface area (TPSA) is 67.8 Å². The molecule has 2 unspecified atom stereocenters. The first-order valence-electron chi connectivity index (χ1n) is 9.72. The molecular formula is C20H29ClN4O3. The highest BCUT2D eigenvalue weighted by molar-refractivity contribution is 6.28. The van der Waals surface area contributed by atoms with Crippen LogP contribution >= 0.6 is 11.6 Å². The summed E-state index contributed by atoms with van der Waals surface area (Å²) in [5, 5.41) is 0.188. The highest BCUT2D eigenvalue weighted by atomic mass is 35.5. The molecule has 0 aromatic carbocycles. The number of anilines is 1. The highest BCUT2D eigenvalue weighted by Gasteiger charge is 2.37. The van der Waals surface area contributed by atoms with Gasteiger partial charge in [-0.3, -0.25) is 4.90 Å². The minimum Gasteiger partial charge on any atom is -0.444 e. The van der Waals surface area contributed by atoms with Crippen molar-refractivity contribution < 1.29 is 14.3 Å². The molecular weight excluding hydrogens is 380 g/mol. The van der Waals surface area contributed by atoms with Crippen molar-refractivity contribution in [3.63, 3.8) is 0 Å². The van der Waals surface area contributed by atoms with Crippen LogP contribution in [-0.4, -0.2) is 58.9 Å². The summed E-state index contributed by atoms with van der Waals surface area (Å²) in [5.41, 5.74) is 1.27. The molecule has 1 amide bonds. The second kappa shape index (κ2) is 8.25. The highest BCUT2D eigenvalue weighted by Crippen LogP contribution is 2.37. The van der Waals surface area contributed by atoms with Gasteiger partial charge in [0.2, 0.25) is 5.28 Å². The van der Waals surface area contributed by atoms with Crippen molar-refractivity contribution in [2.24, 2.45) is 0 Å². The molecule has 2 aliphatic heterocycles. The largest absolute Gasteiger partial charge is 0.444 e. The van der Waals surface area contributed by atoms with Gasteiger partial charge in [-0.25, -0.2) is 14.8 Å². The van der Waals surface area contributed by atoms with Gasteiger partial charge in [-0.15, -0.1) is 6.58 Å². The minimum absolute atomic E-state index is 0.188. The average molecular weight is 409 g/mol. The van der Waals surface area contributed by atoms with Crippen LogP contribution in [0.25, 0.3) is 0 Å². The van der Waals surface area contributed by atoms with Crippen LogP contribution < -0.4 is 4.90 Å². The molecule has 1 aromatic rings. The number of hydrogen-bond donors (Lipinski definition) is 0. The molecule has 0 saturated carbocycles. The first-order valence-corrected chi connectivity index (χ1v) is 10.1. The Balaban J connectivity index is 2.00. The quantitative estimate of drug-likeness (QED) is 0.560. The fraction of sp³-hybridized carbons (Fsp3) is 0.650. The fourth-order valence-electron chi connectivity index (χ4n) is 3.73. The lowest BCUT2D eigenvalue weighted by Crippen LogP contribution is -2.47. The predicted molar refractivity (Wildman–Crippen MR) is 109 cm³/mol. The third kappa shape index (κ3) is 4.41. The van der Waals surface area contributed by atoms with Gasteiger partial charge < -0.3 is 14.4 Å². The van der Waals surface area contributed by atoms with E-state index >= 15 is 0 Å². The summed E-state index contributed by atoms with van der Waals surface area (Å²) >= 11 is 6.31. The molecule has 3 heterocycles. The maximum Gasteiger partial charge on any atom is 0.410 e. The third-order valence-electron chi connectivity index (χ3n) is 4.94. The van der Waals surface area contributed by atoms with Gasteiger partial charge in [0, 0.05) is 18.7 Å². The van der Waals surface area contributed by atoms with Crippen LogP contribution in [0.2, 0.25) is 5.28 Å². The summed E-state index contributed by atoms with van der Waals surface area (Å²) in [6.07, 6.45) is 2.67. The number of halogens is 1. The number of hydrogen-bond acceptors (Lipinski definition) is 6. The van der Waals surface area contributed by atoms with Gasteiger partial charge >= 0.3 is 6.09 Å². The Bertz CT molecular complexity index is 750. The van der Waals surface area contributed by atoms with Crippen LogP contribution in [0, 0.1) is 0 Å². The first-order chi connectivity index (χ1) is 13.2. The summed E-state index contributed by atoms with van der Waals surface area (Å²) < 4.78 is 11.2. The fourth-order valence-corrected chi connectivity index (χ4v) is 3.90. The predicted octanol–water partition coefficient (Wildman–Crippen LogP) is 3.77. The lowest BCUT2D eigenvalue weighted by molar-refractivity contribution is 0.0138. The number of rotatable bonds is 3. The number of aromatic nitrogens is 2. The van der Waals surface area contributed by atoms with Crippen molar-refractivity contribution in [1.29, 1.82) is 0 Å². The minimum atomic E-state index is -0.562. The van der Waals surface area contributed by atoms with Gasteiger partial charge in [-0.05, 0) is 52.1 Å². The Morgan fingerprint density at radius 3 is 2.79 bits per heavy atom. The maximum atomic E-state index is 12.8. The SMILES string of the molecule is C=CCC1c2nc(Cl)nc(N3CCOCC3C)c2CCN1C(=O)OC(C)(C)C. The number of carbonyl (C=O) groups excluding carboxylic acids is 1. The van der Waals surface area contributed by atoms with Crippen LogP contribution in [0.15, 0.2) is 12.7 Å². The number of morpholine rings is 1. The number of amides is 1. The number of carbonyl (C=O) groups is 1. The van der Waals surface area contributed by atoms with Crippen LogP contribution in [-0.2, 0) is 15.9 Å². The summed E-state index contributed by atoms with van der Waals surface area (Å²) in [6.45, 7) is 14.2. The molecule has 2 aliphatic rings. The van der Waals surface area contributed by atoms with Gasteiger partial charge in [0.05, 0.1) is 31.0 Å². The van der Waals surface area contributed by atoms with Gasteiger partial charge in [0.15, 0.2) is 0 Å². The standard InChI is InChI=1S/C20H29ClN4O3/c1-6-7-15-16-14(8-9-25(15)19(26)28-20(3,4)5)17(23-18(21)22-16)24-10-11-27-12-13(24)2/h6,13,15H,1,7-12H2,2-5H3. The zero-order valence-electron chi connectivity index (χ0n) is 17.1. The molecule has 3 rings (SSSR count). The molecule has 2 atom stereocenters. The van der Waals surface area contributed by atoms with Crippen molar-refractivity contribution >= 4 is 23.5 Å². The van der Waals surface area contributed by atoms with Gasteiger partial charge in [0.25, 0.3) is 0 Å². The van der Waals surface area contributed by atoms with Crippen molar-refractivity contribution in [3.8, 4) is 0 Å². The van der Waals surface area contributed by atoms with Crippen LogP contribution in [0.5, 0.6) is 0 Å². The van der Waals surface area contributed by atoms with E-state index in [4.69, 9.17) is 21.1 Å². The molecule has 0 bridgehead atoms. The summed E-state index contributed by atoms with van der Waals surface area (Å²) in [6, 6.07) is -0.0720. The Morgan fingerprint density at radius 2 is 2.14 bits per heavy atom. The van der Waals surface area contributed by atoms with Crippen molar-refractivity contribution in [3.05, 3.63) is 29.2 Å². The van der Waals surface area contributed by atoms with Gasteiger partial charge in [-0.2, -0.15) is 0 Å². The molecule has 0 spiro atoms. The van der Waals surface area contributed by atoms with E-state index in [1.165, 1.54) is 0 Å². The zero-order chi connectivity index (χ0) is 20.5. The van der Waals surface area contributed by atoms with Gasteiger partial charge in [-0.1, -0.05) is 6.08 Å².